The average Bonchev–Trinajstić information content (AvgIpc) is 2.80. The van der Waals surface area contributed by atoms with Gasteiger partial charge in [-0.05, 0) is 86.9 Å². The molecule has 1 aliphatic rings. The van der Waals surface area contributed by atoms with Crippen molar-refractivity contribution in [3.63, 3.8) is 0 Å². The number of unbranched alkanes of at least 4 members (excludes halogenated alkanes) is 1. The first-order valence-electron chi connectivity index (χ1n) is 11.8. The van der Waals surface area contributed by atoms with Gasteiger partial charge in [-0.25, -0.2) is 4.79 Å². The Hall–Kier alpha value is -2.86. The summed E-state index contributed by atoms with van der Waals surface area (Å²) in [5.41, 5.74) is 4.86. The van der Waals surface area contributed by atoms with Gasteiger partial charge < -0.3 is 14.6 Å². The number of hydrogen-bond acceptors (Lipinski definition) is 5. The molecule has 3 rings (SSSR count). The minimum Gasteiger partial charge on any atom is -0.496 e. The second-order valence-electron chi connectivity index (χ2n) is 8.68. The van der Waals surface area contributed by atoms with Gasteiger partial charge in [0.05, 0.1) is 19.3 Å². The van der Waals surface area contributed by atoms with Crippen LogP contribution in [0.25, 0.3) is 0 Å². The highest BCUT2D eigenvalue weighted by Crippen LogP contribution is 2.32. The summed E-state index contributed by atoms with van der Waals surface area (Å²) in [7, 11) is 1.72. The quantitative estimate of drug-likeness (QED) is 0.389. The monoisotopic (exact) mass is 453 g/mol. The molecule has 0 amide bonds. The Kier molecular flexibility index (Phi) is 8.89. The largest absolute Gasteiger partial charge is 0.496 e. The number of nitrogens with zero attached hydrogens (tertiary/aromatic N) is 1. The van der Waals surface area contributed by atoms with Crippen LogP contribution < -0.4 is 4.74 Å². The van der Waals surface area contributed by atoms with Crippen LogP contribution in [0, 0.1) is 6.92 Å². The number of aryl methyl sites for hydroxylation is 2. The zero-order valence-corrected chi connectivity index (χ0v) is 19.9. The van der Waals surface area contributed by atoms with Gasteiger partial charge in [0.1, 0.15) is 5.75 Å². The first kappa shape index (κ1) is 24.8. The molecular weight excluding hydrogens is 418 g/mol. The molecule has 0 aromatic heterocycles. The number of fused-ring (bicyclic) bond motifs is 1. The van der Waals surface area contributed by atoms with Gasteiger partial charge in [0, 0.05) is 19.0 Å². The summed E-state index contributed by atoms with van der Waals surface area (Å²) >= 11 is 0. The minimum absolute atomic E-state index is 0.139. The van der Waals surface area contributed by atoms with Crippen molar-refractivity contribution in [2.75, 3.05) is 20.3 Å². The predicted octanol–water partition coefficient (Wildman–Crippen LogP) is 4.79. The van der Waals surface area contributed by atoms with Gasteiger partial charge in [0.15, 0.2) is 0 Å². The fourth-order valence-corrected chi connectivity index (χ4v) is 4.75. The van der Waals surface area contributed by atoms with Gasteiger partial charge in [-0.1, -0.05) is 24.3 Å². The SMILES string of the molecule is CCOC(=O)CCCCN(Cc1ccc(C(=O)O)c(C)c1)C1CCc2cccc(OC)c2C1. The van der Waals surface area contributed by atoms with Crippen LogP contribution in [-0.2, 0) is 28.9 Å². The number of rotatable bonds is 11. The minimum atomic E-state index is -0.897. The van der Waals surface area contributed by atoms with Gasteiger partial charge >= 0.3 is 11.9 Å². The molecule has 2 aromatic rings. The van der Waals surface area contributed by atoms with Crippen molar-refractivity contribution in [1.29, 1.82) is 0 Å². The van der Waals surface area contributed by atoms with E-state index >= 15 is 0 Å². The number of ether oxygens (including phenoxy) is 2. The van der Waals surface area contributed by atoms with E-state index in [0.717, 1.165) is 62.1 Å². The van der Waals surface area contributed by atoms with E-state index in [1.165, 1.54) is 11.1 Å². The summed E-state index contributed by atoms with van der Waals surface area (Å²) in [6.07, 6.45) is 5.12. The number of carboxylic acids is 1. The molecular formula is C27H35NO5. The molecule has 0 saturated heterocycles. The van der Waals surface area contributed by atoms with E-state index in [0.29, 0.717) is 24.6 Å². The number of hydrogen-bond donors (Lipinski definition) is 1. The van der Waals surface area contributed by atoms with Crippen LogP contribution in [0.4, 0.5) is 0 Å². The van der Waals surface area contributed by atoms with E-state index in [9.17, 15) is 14.7 Å². The molecule has 6 heteroatoms. The van der Waals surface area contributed by atoms with E-state index < -0.39 is 5.97 Å². The van der Waals surface area contributed by atoms with Gasteiger partial charge in [-0.2, -0.15) is 0 Å². The number of benzene rings is 2. The molecule has 0 saturated carbocycles. The van der Waals surface area contributed by atoms with Crippen LogP contribution in [0.15, 0.2) is 36.4 Å². The standard InChI is InChI=1S/C27H35NO5/c1-4-33-26(29)10-5-6-15-28(18-20-11-14-23(27(30)31)19(2)16-20)22-13-12-21-8-7-9-25(32-3)24(21)17-22/h7-9,11,14,16,22H,4-6,10,12-13,15,17-18H2,1-3H3,(H,30,31). The Morgan fingerprint density at radius 3 is 2.70 bits per heavy atom. The fourth-order valence-electron chi connectivity index (χ4n) is 4.75. The third kappa shape index (κ3) is 6.57. The third-order valence-electron chi connectivity index (χ3n) is 6.44. The maximum absolute atomic E-state index is 11.7. The summed E-state index contributed by atoms with van der Waals surface area (Å²) in [4.78, 5) is 25.6. The van der Waals surface area contributed by atoms with E-state index in [1.807, 2.05) is 32.0 Å². The van der Waals surface area contributed by atoms with Gasteiger partial charge in [-0.3, -0.25) is 9.69 Å². The maximum atomic E-state index is 11.7. The van der Waals surface area contributed by atoms with Crippen molar-refractivity contribution in [3.05, 3.63) is 64.2 Å². The van der Waals surface area contributed by atoms with Crippen LogP contribution >= 0.6 is 0 Å². The molecule has 0 fully saturated rings. The molecule has 0 radical (unpaired) electrons. The molecule has 33 heavy (non-hydrogen) atoms. The van der Waals surface area contributed by atoms with Crippen LogP contribution in [-0.4, -0.2) is 48.2 Å². The number of aromatic carboxylic acids is 1. The Morgan fingerprint density at radius 2 is 2.00 bits per heavy atom. The number of carbonyl (C=O) groups excluding carboxylic acids is 1. The van der Waals surface area contributed by atoms with Crippen LogP contribution in [0.3, 0.4) is 0 Å². The van der Waals surface area contributed by atoms with Gasteiger partial charge in [-0.15, -0.1) is 0 Å². The van der Waals surface area contributed by atoms with Gasteiger partial charge in [0.25, 0.3) is 0 Å². The van der Waals surface area contributed by atoms with E-state index in [1.54, 1.807) is 13.2 Å². The number of methoxy groups -OCH3 is 1. The number of carboxylic acid groups (broad SMARTS) is 1. The van der Waals surface area contributed by atoms with Crippen molar-refractivity contribution in [2.24, 2.45) is 0 Å². The molecule has 0 heterocycles. The summed E-state index contributed by atoms with van der Waals surface area (Å²) in [5, 5.41) is 9.35. The fraction of sp³-hybridized carbons (Fsp3) is 0.481. The molecule has 1 aliphatic carbocycles. The van der Waals surface area contributed by atoms with Crippen molar-refractivity contribution >= 4 is 11.9 Å². The van der Waals surface area contributed by atoms with E-state index in [-0.39, 0.29) is 5.97 Å². The second-order valence-corrected chi connectivity index (χ2v) is 8.68. The Labute approximate surface area is 196 Å². The molecule has 1 unspecified atom stereocenters. The third-order valence-corrected chi connectivity index (χ3v) is 6.44. The number of esters is 1. The summed E-state index contributed by atoms with van der Waals surface area (Å²) < 4.78 is 10.7. The lowest BCUT2D eigenvalue weighted by molar-refractivity contribution is -0.143. The lowest BCUT2D eigenvalue weighted by Crippen LogP contribution is -2.39. The highest BCUT2D eigenvalue weighted by Gasteiger charge is 2.26. The molecule has 0 spiro atoms. The smallest absolute Gasteiger partial charge is 0.335 e. The Balaban J connectivity index is 1.74. The highest BCUT2D eigenvalue weighted by molar-refractivity contribution is 5.89. The lowest BCUT2D eigenvalue weighted by atomic mass is 9.86. The van der Waals surface area contributed by atoms with E-state index in [2.05, 4.69) is 17.0 Å². The molecule has 2 aromatic carbocycles. The molecule has 0 aliphatic heterocycles. The van der Waals surface area contributed by atoms with Crippen molar-refractivity contribution in [3.8, 4) is 5.75 Å². The molecule has 1 N–H and O–H groups in total. The topological polar surface area (TPSA) is 76.1 Å². The van der Waals surface area contributed by atoms with Crippen LogP contribution in [0.1, 0.15) is 65.2 Å². The zero-order valence-electron chi connectivity index (χ0n) is 19.9. The predicted molar refractivity (Wildman–Crippen MR) is 128 cm³/mol. The van der Waals surface area contributed by atoms with Crippen LogP contribution in [0.2, 0.25) is 0 Å². The summed E-state index contributed by atoms with van der Waals surface area (Å²) in [6, 6.07) is 12.2. The maximum Gasteiger partial charge on any atom is 0.335 e. The Morgan fingerprint density at radius 1 is 1.18 bits per heavy atom. The number of carbonyl (C=O) groups is 2. The van der Waals surface area contributed by atoms with Crippen molar-refractivity contribution in [1.82, 2.24) is 4.90 Å². The summed E-state index contributed by atoms with van der Waals surface area (Å²) in [6.45, 7) is 5.70. The van der Waals surface area contributed by atoms with Crippen molar-refractivity contribution < 1.29 is 24.2 Å². The average molecular weight is 454 g/mol. The summed E-state index contributed by atoms with van der Waals surface area (Å²) in [5.74, 6) is -0.0905. The molecule has 6 nitrogen and oxygen atoms in total. The van der Waals surface area contributed by atoms with Crippen LogP contribution in [0.5, 0.6) is 5.75 Å². The van der Waals surface area contributed by atoms with Gasteiger partial charge in [0.2, 0.25) is 0 Å². The first-order valence-corrected chi connectivity index (χ1v) is 11.8. The van der Waals surface area contributed by atoms with Crippen molar-refractivity contribution in [2.45, 2.75) is 65.0 Å². The first-order chi connectivity index (χ1) is 15.9. The van der Waals surface area contributed by atoms with E-state index in [4.69, 9.17) is 9.47 Å². The molecule has 178 valence electrons. The normalized spacial score (nSPS) is 15.2. The highest BCUT2D eigenvalue weighted by atomic mass is 16.5. The zero-order chi connectivity index (χ0) is 23.8. The molecule has 0 bridgehead atoms. The lowest BCUT2D eigenvalue weighted by Gasteiger charge is -2.36. The second kappa shape index (κ2) is 11.8. The molecule has 1 atom stereocenters. The Bertz CT molecular complexity index is 957.